The predicted molar refractivity (Wildman–Crippen MR) is 94.7 cm³/mol. The summed E-state index contributed by atoms with van der Waals surface area (Å²) in [6.45, 7) is 1.50. The van der Waals surface area contributed by atoms with Crippen LogP contribution in [0.15, 0.2) is 60.7 Å². The number of alkyl halides is 3. The zero-order valence-corrected chi connectivity index (χ0v) is 14.7. The van der Waals surface area contributed by atoms with Crippen LogP contribution in [0.3, 0.4) is 0 Å². The topological polar surface area (TPSA) is 66.5 Å². The zero-order valence-electron chi connectivity index (χ0n) is 14.7. The number of halogens is 3. The van der Waals surface area contributed by atoms with E-state index in [1.54, 1.807) is 30.3 Å². The Kier molecular flexibility index (Phi) is 4.80. The van der Waals surface area contributed by atoms with Crippen LogP contribution < -0.4 is 5.32 Å². The third kappa shape index (κ3) is 3.53. The number of benzene rings is 2. The van der Waals surface area contributed by atoms with Crippen molar-refractivity contribution in [2.75, 3.05) is 0 Å². The van der Waals surface area contributed by atoms with E-state index in [0.29, 0.717) is 16.0 Å². The van der Waals surface area contributed by atoms with Gasteiger partial charge in [-0.05, 0) is 36.3 Å². The molecule has 0 bridgehead atoms. The van der Waals surface area contributed by atoms with Crippen molar-refractivity contribution >= 4 is 23.9 Å². The number of hydrogen-bond acceptors (Lipinski definition) is 3. The van der Waals surface area contributed by atoms with Crippen molar-refractivity contribution in [3.05, 3.63) is 77.4 Å². The maximum Gasteiger partial charge on any atom is 0.416 e. The van der Waals surface area contributed by atoms with Gasteiger partial charge in [0.2, 0.25) is 0 Å². The lowest BCUT2D eigenvalue weighted by atomic mass is 9.92. The average Bonchev–Trinajstić information content (AvgIpc) is 2.90. The lowest BCUT2D eigenvalue weighted by Gasteiger charge is -2.21. The molecule has 8 heteroatoms. The highest BCUT2D eigenvalue weighted by molar-refractivity contribution is 6.21. The molecule has 1 heterocycles. The molecule has 0 saturated carbocycles. The fourth-order valence-electron chi connectivity index (χ4n) is 2.83. The van der Waals surface area contributed by atoms with Crippen LogP contribution in [0.4, 0.5) is 18.0 Å². The number of amides is 4. The summed E-state index contributed by atoms with van der Waals surface area (Å²) in [6.07, 6.45) is -2.25. The molecule has 144 valence electrons. The SMILES string of the molecule is C[C@@]1(c2ccccc2)NC(=O)N(C(=O)/C=C/c2ccc(C(F)(F)F)cc2)C1=O. The second kappa shape index (κ2) is 6.95. The van der Waals surface area contributed by atoms with Crippen molar-refractivity contribution in [3.8, 4) is 0 Å². The predicted octanol–water partition coefficient (Wildman–Crippen LogP) is 3.71. The molecule has 1 fully saturated rings. The number of nitrogens with zero attached hydrogens (tertiary/aromatic N) is 1. The Balaban J connectivity index is 1.78. The van der Waals surface area contributed by atoms with Gasteiger partial charge in [0.1, 0.15) is 5.54 Å². The van der Waals surface area contributed by atoms with E-state index < -0.39 is 35.1 Å². The van der Waals surface area contributed by atoms with Crippen molar-refractivity contribution in [3.63, 3.8) is 0 Å². The van der Waals surface area contributed by atoms with Crippen LogP contribution in [0.1, 0.15) is 23.6 Å². The van der Waals surface area contributed by atoms with Gasteiger partial charge in [0, 0.05) is 6.08 Å². The summed E-state index contributed by atoms with van der Waals surface area (Å²) in [6, 6.07) is 11.7. The number of carbonyl (C=O) groups is 3. The van der Waals surface area contributed by atoms with Crippen LogP contribution in [0.2, 0.25) is 0 Å². The second-order valence-electron chi connectivity index (χ2n) is 6.35. The molecule has 3 rings (SSSR count). The molecule has 0 aliphatic carbocycles. The number of hydrogen-bond donors (Lipinski definition) is 1. The lowest BCUT2D eigenvalue weighted by Crippen LogP contribution is -2.41. The molecule has 1 atom stereocenters. The molecule has 1 saturated heterocycles. The smallest absolute Gasteiger partial charge is 0.319 e. The van der Waals surface area contributed by atoms with Gasteiger partial charge >= 0.3 is 12.2 Å². The summed E-state index contributed by atoms with van der Waals surface area (Å²) in [5.74, 6) is -1.62. The van der Waals surface area contributed by atoms with Gasteiger partial charge in [0.15, 0.2) is 0 Å². The van der Waals surface area contributed by atoms with Crippen LogP contribution in [0.25, 0.3) is 6.08 Å². The highest BCUT2D eigenvalue weighted by Gasteiger charge is 2.51. The van der Waals surface area contributed by atoms with Gasteiger partial charge in [0.05, 0.1) is 5.56 Å². The van der Waals surface area contributed by atoms with E-state index in [2.05, 4.69) is 5.32 Å². The molecule has 4 amide bonds. The number of imide groups is 3. The quantitative estimate of drug-likeness (QED) is 0.644. The first kappa shape index (κ1) is 19.3. The highest BCUT2D eigenvalue weighted by Crippen LogP contribution is 2.30. The number of urea groups is 1. The van der Waals surface area contributed by atoms with Gasteiger partial charge in [-0.1, -0.05) is 42.5 Å². The van der Waals surface area contributed by atoms with E-state index in [9.17, 15) is 27.6 Å². The average molecular weight is 388 g/mol. The molecule has 1 aliphatic heterocycles. The largest absolute Gasteiger partial charge is 0.416 e. The number of nitrogens with one attached hydrogen (secondary N) is 1. The monoisotopic (exact) mass is 388 g/mol. The fourth-order valence-corrected chi connectivity index (χ4v) is 2.83. The molecule has 2 aromatic rings. The zero-order chi connectivity index (χ0) is 20.5. The van der Waals surface area contributed by atoms with Gasteiger partial charge < -0.3 is 5.32 Å². The maximum absolute atomic E-state index is 12.7. The van der Waals surface area contributed by atoms with Crippen molar-refractivity contribution in [1.29, 1.82) is 0 Å². The molecule has 5 nitrogen and oxygen atoms in total. The van der Waals surface area contributed by atoms with E-state index in [1.807, 2.05) is 0 Å². The Bertz CT molecular complexity index is 953. The van der Waals surface area contributed by atoms with Gasteiger partial charge in [-0.25, -0.2) is 4.79 Å². The summed E-state index contributed by atoms with van der Waals surface area (Å²) in [4.78, 5) is 37.7. The van der Waals surface area contributed by atoms with Gasteiger partial charge in [-0.15, -0.1) is 0 Å². The summed E-state index contributed by atoms with van der Waals surface area (Å²) >= 11 is 0. The Morgan fingerprint density at radius 2 is 1.64 bits per heavy atom. The Labute approximate surface area is 158 Å². The summed E-state index contributed by atoms with van der Waals surface area (Å²) in [5.41, 5.74) is -1.35. The van der Waals surface area contributed by atoms with Crippen molar-refractivity contribution in [2.24, 2.45) is 0 Å². The van der Waals surface area contributed by atoms with Crippen LogP contribution in [0, 0.1) is 0 Å². The van der Waals surface area contributed by atoms with Crippen molar-refractivity contribution in [2.45, 2.75) is 18.6 Å². The van der Waals surface area contributed by atoms with E-state index in [1.165, 1.54) is 25.1 Å². The second-order valence-corrected chi connectivity index (χ2v) is 6.35. The van der Waals surface area contributed by atoms with Crippen molar-refractivity contribution in [1.82, 2.24) is 10.2 Å². The summed E-state index contributed by atoms with van der Waals surface area (Å²) in [7, 11) is 0. The molecule has 0 radical (unpaired) electrons. The van der Waals surface area contributed by atoms with E-state index >= 15 is 0 Å². The molecular weight excluding hydrogens is 373 g/mol. The minimum Gasteiger partial charge on any atom is -0.319 e. The third-order valence-electron chi connectivity index (χ3n) is 4.42. The van der Waals surface area contributed by atoms with Crippen LogP contribution in [-0.2, 0) is 21.3 Å². The molecule has 1 N–H and O–H groups in total. The highest BCUT2D eigenvalue weighted by atomic mass is 19.4. The van der Waals surface area contributed by atoms with Crippen LogP contribution >= 0.6 is 0 Å². The van der Waals surface area contributed by atoms with Gasteiger partial charge in [-0.3, -0.25) is 9.59 Å². The molecule has 0 unspecified atom stereocenters. The standard InChI is InChI=1S/C20H15F3N2O3/c1-19(14-5-3-2-4-6-14)17(27)25(18(28)24-19)16(26)12-9-13-7-10-15(11-8-13)20(21,22)23/h2-12H,1H3,(H,24,28)/b12-9+/t19-/m0/s1. The summed E-state index contributed by atoms with van der Waals surface area (Å²) in [5, 5.41) is 2.51. The molecular formula is C20H15F3N2O3. The molecule has 1 aliphatic rings. The Hall–Kier alpha value is -3.42. The van der Waals surface area contributed by atoms with E-state index in [-0.39, 0.29) is 0 Å². The molecule has 0 aromatic heterocycles. The normalized spacial score (nSPS) is 19.9. The summed E-state index contributed by atoms with van der Waals surface area (Å²) < 4.78 is 37.7. The fraction of sp³-hybridized carbons (Fsp3) is 0.150. The first-order valence-electron chi connectivity index (χ1n) is 8.24. The number of rotatable bonds is 3. The van der Waals surface area contributed by atoms with E-state index in [4.69, 9.17) is 0 Å². The minimum atomic E-state index is -4.46. The molecule has 2 aromatic carbocycles. The maximum atomic E-state index is 12.7. The number of carbonyl (C=O) groups excluding carboxylic acids is 3. The van der Waals surface area contributed by atoms with E-state index in [0.717, 1.165) is 18.2 Å². The van der Waals surface area contributed by atoms with Crippen LogP contribution in [-0.4, -0.2) is 22.7 Å². The van der Waals surface area contributed by atoms with Crippen molar-refractivity contribution < 1.29 is 27.6 Å². The first-order valence-corrected chi connectivity index (χ1v) is 8.24. The first-order chi connectivity index (χ1) is 13.1. The molecule has 0 spiro atoms. The lowest BCUT2D eigenvalue weighted by molar-refractivity contribution is -0.139. The molecule has 28 heavy (non-hydrogen) atoms. The Morgan fingerprint density at radius 1 is 1.04 bits per heavy atom. The Morgan fingerprint density at radius 3 is 2.21 bits per heavy atom. The third-order valence-corrected chi connectivity index (χ3v) is 4.42. The minimum absolute atomic E-state index is 0.319. The van der Waals surface area contributed by atoms with Crippen LogP contribution in [0.5, 0.6) is 0 Å². The van der Waals surface area contributed by atoms with Gasteiger partial charge in [-0.2, -0.15) is 18.1 Å². The van der Waals surface area contributed by atoms with Gasteiger partial charge in [0.25, 0.3) is 11.8 Å².